The van der Waals surface area contributed by atoms with Crippen molar-refractivity contribution in [3.63, 3.8) is 0 Å². The number of aromatic nitrogens is 1. The molecular weight excluding hydrogens is 281 g/mol. The Morgan fingerprint density at radius 1 is 1.64 bits per heavy atom. The Kier molecular flexibility index (Phi) is 3.38. The van der Waals surface area contributed by atoms with Crippen LogP contribution >= 0.6 is 27.5 Å². The average molecular weight is 285 g/mol. The number of carbonyl (C=O) groups is 1. The molecule has 0 aliphatic heterocycles. The van der Waals surface area contributed by atoms with Crippen molar-refractivity contribution in [3.8, 4) is 0 Å². The molecule has 0 fully saturated rings. The third-order valence-corrected chi connectivity index (χ3v) is 2.10. The molecule has 0 saturated heterocycles. The lowest BCUT2D eigenvalue weighted by Crippen LogP contribution is -2.06. The van der Waals surface area contributed by atoms with Gasteiger partial charge in [-0.3, -0.25) is 4.79 Å². The summed E-state index contributed by atoms with van der Waals surface area (Å²) in [7, 11) is 0. The predicted octanol–water partition coefficient (Wildman–Crippen LogP) is 2.74. The van der Waals surface area contributed by atoms with E-state index in [2.05, 4.69) is 20.9 Å². The van der Waals surface area contributed by atoms with E-state index in [1.807, 2.05) is 0 Å². The molecule has 14 heavy (non-hydrogen) atoms. The molecule has 0 atom stereocenters. The number of pyridine rings is 1. The van der Waals surface area contributed by atoms with Crippen LogP contribution in [0.5, 0.6) is 0 Å². The highest BCUT2D eigenvalue weighted by Gasteiger charge is 2.22. The first-order chi connectivity index (χ1) is 6.43. The van der Waals surface area contributed by atoms with Gasteiger partial charge < -0.3 is 5.73 Å². The zero-order valence-corrected chi connectivity index (χ0v) is 8.94. The van der Waals surface area contributed by atoms with E-state index in [1.165, 1.54) is 0 Å². The zero-order valence-electron chi connectivity index (χ0n) is 6.60. The number of halogens is 4. The summed E-state index contributed by atoms with van der Waals surface area (Å²) in [6.07, 6.45) is -2.88. The second-order valence-electron chi connectivity index (χ2n) is 2.37. The molecule has 0 aliphatic carbocycles. The molecule has 0 bridgehead atoms. The molecule has 1 heterocycles. The van der Waals surface area contributed by atoms with Crippen LogP contribution < -0.4 is 5.73 Å². The number of carbonyl (C=O) groups excluding carboxylic acids is 1. The summed E-state index contributed by atoms with van der Waals surface area (Å²) >= 11 is 8.04. The molecule has 0 saturated carbocycles. The summed E-state index contributed by atoms with van der Waals surface area (Å²) in [6.45, 7) is 0. The lowest BCUT2D eigenvalue weighted by molar-refractivity contribution is 0.106. The van der Waals surface area contributed by atoms with Gasteiger partial charge in [0.2, 0.25) is 0 Å². The first-order valence-electron chi connectivity index (χ1n) is 3.37. The number of nitrogens with two attached hydrogens (primary N) is 1. The van der Waals surface area contributed by atoms with Gasteiger partial charge in [0.1, 0.15) is 10.4 Å². The van der Waals surface area contributed by atoms with Crippen molar-refractivity contribution in [2.75, 3.05) is 5.73 Å². The molecule has 0 unspecified atom stereocenters. The van der Waals surface area contributed by atoms with Crippen molar-refractivity contribution in [1.29, 1.82) is 0 Å². The number of rotatable bonds is 2. The second kappa shape index (κ2) is 4.18. The van der Waals surface area contributed by atoms with E-state index in [9.17, 15) is 13.6 Å². The predicted molar refractivity (Wildman–Crippen MR) is 51.5 cm³/mol. The topological polar surface area (TPSA) is 56.0 Å². The van der Waals surface area contributed by atoms with E-state index in [-0.39, 0.29) is 10.2 Å². The van der Waals surface area contributed by atoms with Crippen molar-refractivity contribution >= 4 is 38.6 Å². The maximum atomic E-state index is 12.4. The van der Waals surface area contributed by atoms with Crippen LogP contribution in [0, 0.1) is 0 Å². The van der Waals surface area contributed by atoms with Crippen LogP contribution in [0.1, 0.15) is 22.3 Å². The van der Waals surface area contributed by atoms with Gasteiger partial charge >= 0.3 is 0 Å². The number of nitrogens with zero attached hydrogens (tertiary/aromatic N) is 1. The third-order valence-electron chi connectivity index (χ3n) is 1.49. The second-order valence-corrected chi connectivity index (χ2v) is 3.52. The monoisotopic (exact) mass is 284 g/mol. The maximum absolute atomic E-state index is 12.4. The Labute approximate surface area is 91.4 Å². The quantitative estimate of drug-likeness (QED) is 0.671. The van der Waals surface area contributed by atoms with Gasteiger partial charge in [-0.25, -0.2) is 13.8 Å². The number of hydrogen-bond acceptors (Lipinski definition) is 3. The summed E-state index contributed by atoms with van der Waals surface area (Å²) in [5.74, 6) is -0.404. The number of nitrogen functional groups attached to an aromatic ring is 1. The van der Waals surface area contributed by atoms with E-state index < -0.39 is 23.0 Å². The van der Waals surface area contributed by atoms with Crippen LogP contribution in [0.4, 0.5) is 14.6 Å². The highest BCUT2D eigenvalue weighted by molar-refractivity contribution is 9.10. The van der Waals surface area contributed by atoms with Crippen molar-refractivity contribution in [2.24, 2.45) is 0 Å². The van der Waals surface area contributed by atoms with Gasteiger partial charge in [-0.2, -0.15) is 0 Å². The molecule has 2 N–H and O–H groups in total. The van der Waals surface area contributed by atoms with Crippen LogP contribution in [0.15, 0.2) is 10.7 Å². The van der Waals surface area contributed by atoms with E-state index in [0.717, 1.165) is 6.07 Å². The van der Waals surface area contributed by atoms with Gasteiger partial charge in [-0.05, 0) is 33.6 Å². The van der Waals surface area contributed by atoms with Gasteiger partial charge in [0.05, 0.1) is 5.56 Å². The third kappa shape index (κ3) is 2.19. The van der Waals surface area contributed by atoms with Crippen molar-refractivity contribution in [1.82, 2.24) is 4.98 Å². The van der Waals surface area contributed by atoms with E-state index in [4.69, 9.17) is 17.3 Å². The Morgan fingerprint density at radius 3 is 2.64 bits per heavy atom. The summed E-state index contributed by atoms with van der Waals surface area (Å²) in [6, 6.07) is 1.10. The molecule has 1 aromatic rings. The Morgan fingerprint density at radius 2 is 2.21 bits per heavy atom. The molecule has 76 valence electrons. The molecule has 1 rings (SSSR count). The van der Waals surface area contributed by atoms with Crippen LogP contribution in [0.2, 0.25) is 0 Å². The van der Waals surface area contributed by atoms with Gasteiger partial charge in [-0.15, -0.1) is 0 Å². The fourth-order valence-electron chi connectivity index (χ4n) is 0.934. The van der Waals surface area contributed by atoms with Crippen molar-refractivity contribution in [3.05, 3.63) is 21.8 Å². The summed E-state index contributed by atoms with van der Waals surface area (Å²) < 4.78 is 25.1. The minimum absolute atomic E-state index is 0.184. The van der Waals surface area contributed by atoms with Crippen molar-refractivity contribution < 1.29 is 13.6 Å². The fraction of sp³-hybridized carbons (Fsp3) is 0.143. The first-order valence-corrected chi connectivity index (χ1v) is 4.54. The lowest BCUT2D eigenvalue weighted by atomic mass is 10.1. The van der Waals surface area contributed by atoms with Gasteiger partial charge in [0.15, 0.2) is 0 Å². The number of anilines is 1. The van der Waals surface area contributed by atoms with E-state index in [0.29, 0.717) is 0 Å². The standard InChI is InChI=1S/C7H4BrClF2N2O/c8-3-1-2(5(9)14)4(6(10)11)7(12)13-3/h1,6H,(H2,12,13). The summed E-state index contributed by atoms with van der Waals surface area (Å²) in [5.41, 5.74) is 4.27. The van der Waals surface area contributed by atoms with Crippen LogP contribution in [-0.4, -0.2) is 10.2 Å². The molecule has 0 aromatic carbocycles. The normalized spacial score (nSPS) is 10.6. The smallest absolute Gasteiger partial charge is 0.268 e. The minimum atomic E-state index is -2.88. The van der Waals surface area contributed by atoms with Crippen LogP contribution in [0.3, 0.4) is 0 Å². The number of hydrogen-bond donors (Lipinski definition) is 1. The molecular formula is C7H4BrClF2N2O. The Bertz CT molecular complexity index is 386. The SMILES string of the molecule is Nc1nc(Br)cc(C(=O)Cl)c1C(F)F. The first kappa shape index (κ1) is 11.3. The Balaban J connectivity index is 3.44. The number of alkyl halides is 2. The van der Waals surface area contributed by atoms with Gasteiger partial charge in [0, 0.05) is 5.56 Å². The highest BCUT2D eigenvalue weighted by Crippen LogP contribution is 2.30. The van der Waals surface area contributed by atoms with Crippen LogP contribution in [-0.2, 0) is 0 Å². The molecule has 0 aliphatic rings. The maximum Gasteiger partial charge on any atom is 0.268 e. The molecule has 0 radical (unpaired) electrons. The lowest BCUT2D eigenvalue weighted by Gasteiger charge is -2.07. The van der Waals surface area contributed by atoms with Crippen molar-refractivity contribution in [2.45, 2.75) is 6.43 Å². The van der Waals surface area contributed by atoms with Gasteiger partial charge in [-0.1, -0.05) is 0 Å². The molecule has 7 heteroatoms. The Hall–Kier alpha value is -0.750. The fourth-order valence-corrected chi connectivity index (χ4v) is 1.51. The zero-order chi connectivity index (χ0) is 10.9. The average Bonchev–Trinajstić information content (AvgIpc) is 2.01. The minimum Gasteiger partial charge on any atom is -0.383 e. The van der Waals surface area contributed by atoms with E-state index >= 15 is 0 Å². The highest BCUT2D eigenvalue weighted by atomic mass is 79.9. The molecule has 1 aromatic heterocycles. The largest absolute Gasteiger partial charge is 0.383 e. The summed E-state index contributed by atoms with van der Waals surface area (Å²) in [5, 5.41) is -0.991. The molecule has 0 amide bonds. The summed E-state index contributed by atoms with van der Waals surface area (Å²) in [4.78, 5) is 14.3. The van der Waals surface area contributed by atoms with Crippen LogP contribution in [0.25, 0.3) is 0 Å². The van der Waals surface area contributed by atoms with Gasteiger partial charge in [0.25, 0.3) is 11.7 Å². The molecule has 3 nitrogen and oxygen atoms in total. The van der Waals surface area contributed by atoms with E-state index in [1.54, 1.807) is 0 Å². The molecule has 0 spiro atoms.